The second-order valence-corrected chi connectivity index (χ2v) is 7.08. The summed E-state index contributed by atoms with van der Waals surface area (Å²) in [5.74, 6) is 0.0920. The van der Waals surface area contributed by atoms with Gasteiger partial charge in [0.05, 0.1) is 16.1 Å². The van der Waals surface area contributed by atoms with Gasteiger partial charge in [-0.25, -0.2) is 4.79 Å². The maximum absolute atomic E-state index is 11.7. The van der Waals surface area contributed by atoms with Crippen molar-refractivity contribution < 1.29 is 14.6 Å². The van der Waals surface area contributed by atoms with Crippen molar-refractivity contribution in [3.63, 3.8) is 0 Å². The molecule has 0 saturated carbocycles. The maximum Gasteiger partial charge on any atom is 0.335 e. The van der Waals surface area contributed by atoms with E-state index in [1.807, 2.05) is 0 Å². The van der Waals surface area contributed by atoms with Crippen molar-refractivity contribution in [2.75, 3.05) is 18.0 Å². The number of unbranched alkanes of at least 4 members (excludes halogenated alkanes) is 3. The molecule has 0 atom stereocenters. The molecule has 0 fully saturated rings. The average Bonchev–Trinajstić information content (AvgIpc) is 2.70. The van der Waals surface area contributed by atoms with Crippen LogP contribution < -0.4 is 14.8 Å². The third-order valence-corrected chi connectivity index (χ3v) is 4.82. The summed E-state index contributed by atoms with van der Waals surface area (Å²) in [4.78, 5) is 14.4. The number of carboxylic acid groups (broad SMARTS) is 1. The number of nitrogens with zero attached hydrogens (tertiary/aromatic N) is 1. The maximum atomic E-state index is 11.7. The Kier molecular flexibility index (Phi) is 11.1. The molecule has 0 aliphatic rings. The van der Waals surface area contributed by atoms with Crippen LogP contribution in [0.5, 0.6) is 5.75 Å². The van der Waals surface area contributed by atoms with Crippen molar-refractivity contribution in [1.29, 1.82) is 0 Å². The lowest BCUT2D eigenvalue weighted by Crippen LogP contribution is -2.27. The predicted octanol–water partition coefficient (Wildman–Crippen LogP) is 5.78. The molecule has 0 aliphatic carbocycles. The van der Waals surface area contributed by atoms with Crippen LogP contribution in [-0.4, -0.2) is 24.2 Å². The predicted molar refractivity (Wildman–Crippen MR) is 119 cm³/mol. The number of benzene rings is 1. The van der Waals surface area contributed by atoms with Gasteiger partial charge in [0.1, 0.15) is 5.76 Å². The van der Waals surface area contributed by atoms with Gasteiger partial charge in [-0.15, -0.1) is 0 Å². The number of aromatic carboxylic acids is 1. The zero-order valence-electron chi connectivity index (χ0n) is 16.9. The summed E-state index contributed by atoms with van der Waals surface area (Å²) in [7, 11) is 0. The van der Waals surface area contributed by atoms with E-state index in [9.17, 15) is 9.90 Å². The summed E-state index contributed by atoms with van der Waals surface area (Å²) in [5.41, 5.74) is 0.939. The Morgan fingerprint density at radius 3 is 2.43 bits per heavy atom. The number of carbonyl (C=O) groups is 1. The van der Waals surface area contributed by atoms with Gasteiger partial charge in [0.15, 0.2) is 5.75 Å². The molecule has 1 aromatic rings. The molecular formula is C22H32N2O3S. The van der Waals surface area contributed by atoms with Crippen molar-refractivity contribution in [3.05, 3.63) is 54.8 Å². The Morgan fingerprint density at radius 1 is 1.21 bits per heavy atom. The molecule has 28 heavy (non-hydrogen) atoms. The molecule has 5 nitrogen and oxygen atoms in total. The van der Waals surface area contributed by atoms with E-state index in [2.05, 4.69) is 31.9 Å². The van der Waals surface area contributed by atoms with E-state index in [-0.39, 0.29) is 5.56 Å². The minimum Gasteiger partial charge on any atom is -0.478 e. The molecule has 0 heterocycles. The molecule has 0 aliphatic heterocycles. The standard InChI is InChI=1S/C22H32N2O3S/c1-5-9-11-14-24(13-10-6-2)19-15-17(22(25)26)16-20(28-23)21(19)27-18(8-4)12-7-3/h7-8,12,15-16H,3-6,9-11,13-14,23H2,1-2H3,(H,25,26)/b18-12+. The highest BCUT2D eigenvalue weighted by molar-refractivity contribution is 7.97. The number of allylic oxidation sites excluding steroid dienone is 3. The van der Waals surface area contributed by atoms with Crippen molar-refractivity contribution in [1.82, 2.24) is 0 Å². The van der Waals surface area contributed by atoms with E-state index in [1.165, 1.54) is 0 Å². The van der Waals surface area contributed by atoms with Crippen molar-refractivity contribution in [2.24, 2.45) is 5.14 Å². The summed E-state index contributed by atoms with van der Waals surface area (Å²) in [6.07, 6.45) is 10.2. The number of carboxylic acids is 1. The van der Waals surface area contributed by atoms with Crippen LogP contribution in [0.1, 0.15) is 56.3 Å². The molecule has 0 radical (unpaired) electrons. The molecule has 0 aromatic heterocycles. The summed E-state index contributed by atoms with van der Waals surface area (Å²) in [6, 6.07) is 3.22. The largest absolute Gasteiger partial charge is 0.478 e. The van der Waals surface area contributed by atoms with E-state index in [1.54, 1.807) is 30.4 Å². The first-order valence-electron chi connectivity index (χ1n) is 9.68. The minimum absolute atomic E-state index is 0.195. The SMILES string of the molecule is C=C/C=C(\C=C)Oc1c(SN)cc(C(=O)O)cc1N(CCCC)CCCCC. The van der Waals surface area contributed by atoms with Gasteiger partial charge in [0, 0.05) is 13.1 Å². The number of anilines is 1. The van der Waals surface area contributed by atoms with Crippen molar-refractivity contribution >= 4 is 23.6 Å². The van der Waals surface area contributed by atoms with E-state index in [0.29, 0.717) is 16.4 Å². The van der Waals surface area contributed by atoms with Crippen LogP contribution in [0.25, 0.3) is 0 Å². The summed E-state index contributed by atoms with van der Waals surface area (Å²) in [6.45, 7) is 13.4. The first kappa shape index (κ1) is 23.9. The van der Waals surface area contributed by atoms with Gasteiger partial charge in [-0.3, -0.25) is 5.14 Å². The lowest BCUT2D eigenvalue weighted by molar-refractivity contribution is 0.0696. The quantitative estimate of drug-likeness (QED) is 0.177. The van der Waals surface area contributed by atoms with Crippen molar-refractivity contribution in [3.8, 4) is 5.75 Å². The zero-order valence-corrected chi connectivity index (χ0v) is 17.8. The van der Waals surface area contributed by atoms with E-state index < -0.39 is 5.97 Å². The normalized spacial score (nSPS) is 11.2. The second kappa shape index (κ2) is 13.1. The second-order valence-electron chi connectivity index (χ2n) is 6.40. The average molecular weight is 405 g/mol. The topological polar surface area (TPSA) is 75.8 Å². The highest BCUT2D eigenvalue weighted by Crippen LogP contribution is 2.39. The summed E-state index contributed by atoms with van der Waals surface area (Å²) < 4.78 is 6.10. The molecule has 154 valence electrons. The lowest BCUT2D eigenvalue weighted by atomic mass is 10.1. The van der Waals surface area contributed by atoms with Gasteiger partial charge in [-0.2, -0.15) is 0 Å². The molecule has 1 rings (SSSR count). The number of ether oxygens (including phenoxy) is 1. The zero-order chi connectivity index (χ0) is 20.9. The van der Waals surface area contributed by atoms with E-state index in [4.69, 9.17) is 9.88 Å². The molecule has 3 N–H and O–H groups in total. The van der Waals surface area contributed by atoms with Gasteiger partial charge in [-0.1, -0.05) is 52.3 Å². The first-order chi connectivity index (χ1) is 13.5. The van der Waals surface area contributed by atoms with Crippen LogP contribution in [0.15, 0.2) is 54.2 Å². The van der Waals surface area contributed by atoms with Gasteiger partial charge in [0.2, 0.25) is 0 Å². The van der Waals surface area contributed by atoms with Crippen LogP contribution in [-0.2, 0) is 0 Å². The Morgan fingerprint density at radius 2 is 1.89 bits per heavy atom. The first-order valence-corrected chi connectivity index (χ1v) is 10.6. The monoisotopic (exact) mass is 404 g/mol. The third-order valence-electron chi connectivity index (χ3n) is 4.27. The lowest BCUT2D eigenvalue weighted by Gasteiger charge is -2.28. The minimum atomic E-state index is -0.988. The summed E-state index contributed by atoms with van der Waals surface area (Å²) in [5, 5.41) is 15.4. The highest BCUT2D eigenvalue weighted by Gasteiger charge is 2.21. The highest BCUT2D eigenvalue weighted by atomic mass is 32.2. The van der Waals surface area contributed by atoms with Gasteiger partial charge in [0.25, 0.3) is 0 Å². The fourth-order valence-corrected chi connectivity index (χ4v) is 3.22. The molecule has 0 bridgehead atoms. The molecule has 1 aromatic carbocycles. The van der Waals surface area contributed by atoms with E-state index in [0.717, 1.165) is 62.8 Å². The number of rotatable bonds is 14. The van der Waals surface area contributed by atoms with Gasteiger partial charge >= 0.3 is 5.97 Å². The van der Waals surface area contributed by atoms with Crippen LogP contribution >= 0.6 is 11.9 Å². The molecular weight excluding hydrogens is 372 g/mol. The molecule has 0 amide bonds. The Labute approximate surface area is 173 Å². The fraction of sp³-hybridized carbons (Fsp3) is 0.409. The number of hydrogen-bond donors (Lipinski definition) is 2. The molecule has 0 saturated heterocycles. The third kappa shape index (κ3) is 7.09. The number of hydrogen-bond acceptors (Lipinski definition) is 5. The van der Waals surface area contributed by atoms with E-state index >= 15 is 0 Å². The van der Waals surface area contributed by atoms with Crippen LogP contribution in [0.3, 0.4) is 0 Å². The van der Waals surface area contributed by atoms with Gasteiger partial charge < -0.3 is 14.7 Å². The van der Waals surface area contributed by atoms with Crippen LogP contribution in [0.2, 0.25) is 0 Å². The smallest absolute Gasteiger partial charge is 0.335 e. The Bertz CT molecular complexity index is 701. The number of nitrogens with two attached hydrogens (primary N) is 1. The Balaban J connectivity index is 3.50. The molecule has 0 spiro atoms. The molecule has 0 unspecified atom stereocenters. The van der Waals surface area contributed by atoms with Crippen LogP contribution in [0.4, 0.5) is 5.69 Å². The molecule has 6 heteroatoms. The van der Waals surface area contributed by atoms with Gasteiger partial charge in [-0.05, 0) is 49.1 Å². The van der Waals surface area contributed by atoms with Crippen molar-refractivity contribution in [2.45, 2.75) is 50.8 Å². The fourth-order valence-electron chi connectivity index (χ4n) is 2.77. The summed E-state index contributed by atoms with van der Waals surface area (Å²) >= 11 is 0.979. The van der Waals surface area contributed by atoms with Crippen LogP contribution in [0, 0.1) is 0 Å². The Hall–Kier alpha value is -2.18.